The molecule has 19 heavy (non-hydrogen) atoms. The van der Waals surface area contributed by atoms with E-state index < -0.39 is 12.1 Å². The highest BCUT2D eigenvalue weighted by Gasteiger charge is 1.96. The quantitative estimate of drug-likeness (QED) is 0.617. The number of carbonyl (C=O) groups excluding carboxylic acids is 2. The fourth-order valence-corrected chi connectivity index (χ4v) is 1.19. The van der Waals surface area contributed by atoms with Crippen LogP contribution in [0.15, 0.2) is 46.8 Å². The highest BCUT2D eigenvalue weighted by atomic mass is 16.3. The molecule has 5 N–H and O–H groups in total. The number of aromatic nitrogens is 1. The van der Waals surface area contributed by atoms with Gasteiger partial charge in [-0.25, -0.2) is 9.59 Å². The van der Waals surface area contributed by atoms with Gasteiger partial charge in [0.2, 0.25) is 0 Å². The average Bonchev–Trinajstić information content (AvgIpc) is 2.38. The number of phenols is 1. The number of nitrogens with two attached hydrogens (primary N) is 2. The van der Waals surface area contributed by atoms with E-state index in [1.54, 1.807) is 18.3 Å². The first kappa shape index (κ1) is 14.0. The van der Waals surface area contributed by atoms with Crippen molar-refractivity contribution in [2.75, 3.05) is 0 Å². The topological polar surface area (TPSA) is 144 Å². The van der Waals surface area contributed by atoms with Crippen LogP contribution in [0.3, 0.4) is 0 Å². The summed E-state index contributed by atoms with van der Waals surface area (Å²) in [6.07, 6.45) is 1.67. The summed E-state index contributed by atoms with van der Waals surface area (Å²) in [6.45, 7) is 0. The highest BCUT2D eigenvalue weighted by Crippen LogP contribution is 2.20. The molecule has 1 aromatic carbocycles. The summed E-state index contributed by atoms with van der Waals surface area (Å²) in [5.41, 5.74) is 9.53. The molecule has 1 heterocycles. The number of aromatic hydroxyl groups is 1. The molecule has 8 nitrogen and oxygen atoms in total. The minimum absolute atomic E-state index is 0.239. The van der Waals surface area contributed by atoms with Gasteiger partial charge in [-0.3, -0.25) is 4.98 Å². The van der Waals surface area contributed by atoms with E-state index in [-0.39, 0.29) is 5.75 Å². The van der Waals surface area contributed by atoms with Crippen molar-refractivity contribution in [3.05, 3.63) is 36.5 Å². The van der Waals surface area contributed by atoms with Crippen LogP contribution >= 0.6 is 0 Å². The molecule has 8 heteroatoms. The first-order chi connectivity index (χ1) is 9.00. The molecular weight excluding hydrogens is 250 g/mol. The van der Waals surface area contributed by atoms with E-state index in [9.17, 15) is 14.7 Å². The summed E-state index contributed by atoms with van der Waals surface area (Å²) in [4.78, 5) is 23.3. The van der Waals surface area contributed by atoms with Gasteiger partial charge < -0.3 is 16.6 Å². The van der Waals surface area contributed by atoms with Crippen molar-refractivity contribution in [3.8, 4) is 5.75 Å². The molecule has 4 amide bonds. The maximum atomic E-state index is 9.66. The van der Waals surface area contributed by atoms with E-state index in [2.05, 4.69) is 26.7 Å². The van der Waals surface area contributed by atoms with Gasteiger partial charge in [0.05, 0.1) is 0 Å². The minimum atomic E-state index is -1.04. The van der Waals surface area contributed by atoms with Crippen molar-refractivity contribution in [3.63, 3.8) is 0 Å². The van der Waals surface area contributed by atoms with Crippen LogP contribution in [0.25, 0.3) is 10.9 Å². The monoisotopic (exact) mass is 261 g/mol. The third-order valence-electron chi connectivity index (χ3n) is 1.86. The zero-order valence-corrected chi connectivity index (χ0v) is 9.72. The number of benzene rings is 1. The van der Waals surface area contributed by atoms with Crippen molar-refractivity contribution in [2.45, 2.75) is 0 Å². The molecular formula is C11H11N5O3. The van der Waals surface area contributed by atoms with Crippen molar-refractivity contribution >= 4 is 23.0 Å². The molecule has 0 radical (unpaired) electrons. The van der Waals surface area contributed by atoms with Gasteiger partial charge in [0, 0.05) is 11.6 Å². The Bertz CT molecular complexity index is 605. The number of hydrogen-bond acceptors (Lipinski definition) is 4. The molecule has 0 saturated carbocycles. The summed E-state index contributed by atoms with van der Waals surface area (Å²) in [6, 6.07) is 7.05. The fourth-order valence-electron chi connectivity index (χ4n) is 1.19. The largest absolute Gasteiger partial charge is 0.506 e. The van der Waals surface area contributed by atoms with Crippen molar-refractivity contribution in [2.24, 2.45) is 21.7 Å². The molecule has 0 saturated heterocycles. The number of urea groups is 2. The number of carbonyl (C=O) groups is 2. The van der Waals surface area contributed by atoms with Gasteiger partial charge in [0.15, 0.2) is 0 Å². The number of nitrogens with zero attached hydrogens (tertiary/aromatic N) is 3. The third kappa shape index (κ3) is 4.77. The fraction of sp³-hybridized carbons (Fsp3) is 0. The summed E-state index contributed by atoms with van der Waals surface area (Å²) >= 11 is 0. The predicted octanol–water partition coefficient (Wildman–Crippen LogP) is 1.54. The second-order valence-corrected chi connectivity index (χ2v) is 3.23. The lowest BCUT2D eigenvalue weighted by Crippen LogP contribution is -2.07. The van der Waals surface area contributed by atoms with Gasteiger partial charge in [-0.05, 0) is 12.1 Å². The van der Waals surface area contributed by atoms with Crippen LogP contribution in [0.2, 0.25) is 0 Å². The smallest absolute Gasteiger partial charge is 0.357 e. The van der Waals surface area contributed by atoms with Crippen LogP contribution in [0.1, 0.15) is 0 Å². The van der Waals surface area contributed by atoms with Crippen LogP contribution in [0, 0.1) is 0 Å². The SMILES string of the molecule is NC(=O)N=NC(N)=O.Oc1cccc2cccnc12. The van der Waals surface area contributed by atoms with Crippen LogP contribution < -0.4 is 11.5 Å². The Balaban J connectivity index is 0.000000203. The minimum Gasteiger partial charge on any atom is -0.506 e. The molecule has 0 spiro atoms. The van der Waals surface area contributed by atoms with Crippen molar-refractivity contribution < 1.29 is 14.7 Å². The lowest BCUT2D eigenvalue weighted by atomic mass is 10.2. The van der Waals surface area contributed by atoms with Gasteiger partial charge >= 0.3 is 12.1 Å². The zero-order valence-electron chi connectivity index (χ0n) is 9.72. The number of para-hydroxylation sites is 1. The van der Waals surface area contributed by atoms with Crippen LogP contribution in [0.4, 0.5) is 9.59 Å². The van der Waals surface area contributed by atoms with Crippen LogP contribution in [0.5, 0.6) is 5.75 Å². The Hall–Kier alpha value is -3.03. The molecule has 0 unspecified atom stereocenters. The summed E-state index contributed by atoms with van der Waals surface area (Å²) in [5.74, 6) is 0.239. The first-order valence-corrected chi connectivity index (χ1v) is 5.04. The standard InChI is InChI=1S/C9H7NO.C2H4N4O2/c11-8-5-1-3-7-4-2-6-10-9(7)8;3-1(7)5-6-2(4)8/h1-6,11H;(H2,3,7)(H2,4,8). The van der Waals surface area contributed by atoms with Crippen molar-refractivity contribution in [1.29, 1.82) is 0 Å². The molecule has 0 atom stereocenters. The number of fused-ring (bicyclic) bond motifs is 1. The Morgan fingerprint density at radius 2 is 1.63 bits per heavy atom. The summed E-state index contributed by atoms with van der Waals surface area (Å²) in [7, 11) is 0. The number of amides is 4. The normalized spacial score (nSPS) is 9.89. The van der Waals surface area contributed by atoms with E-state index in [1.165, 1.54) is 0 Å². The Kier molecular flexibility index (Phi) is 4.91. The molecule has 1 aromatic heterocycles. The van der Waals surface area contributed by atoms with E-state index in [1.807, 2.05) is 18.2 Å². The Morgan fingerprint density at radius 3 is 2.16 bits per heavy atom. The lowest BCUT2D eigenvalue weighted by molar-refractivity contribution is 0.249. The number of phenolic OH excluding ortho intramolecular Hbond substituents is 1. The molecule has 0 aliphatic heterocycles. The van der Waals surface area contributed by atoms with E-state index in [4.69, 9.17) is 0 Å². The number of hydrogen-bond donors (Lipinski definition) is 3. The summed E-state index contributed by atoms with van der Waals surface area (Å²) in [5, 5.41) is 15.5. The number of pyridine rings is 1. The van der Waals surface area contributed by atoms with Gasteiger partial charge in [-0.1, -0.05) is 28.4 Å². The van der Waals surface area contributed by atoms with E-state index in [0.29, 0.717) is 5.52 Å². The molecule has 0 aliphatic carbocycles. The lowest BCUT2D eigenvalue weighted by Gasteiger charge is -1.96. The molecule has 2 rings (SSSR count). The Morgan fingerprint density at radius 1 is 1.05 bits per heavy atom. The third-order valence-corrected chi connectivity index (χ3v) is 1.86. The molecule has 2 aromatic rings. The summed E-state index contributed by atoms with van der Waals surface area (Å²) < 4.78 is 0. The van der Waals surface area contributed by atoms with Gasteiger partial charge in [0.25, 0.3) is 0 Å². The van der Waals surface area contributed by atoms with E-state index >= 15 is 0 Å². The maximum absolute atomic E-state index is 9.66. The van der Waals surface area contributed by atoms with Crippen LogP contribution in [-0.2, 0) is 0 Å². The van der Waals surface area contributed by atoms with Gasteiger partial charge in [-0.2, -0.15) is 0 Å². The predicted molar refractivity (Wildman–Crippen MR) is 67.4 cm³/mol. The number of azo groups is 1. The van der Waals surface area contributed by atoms with E-state index in [0.717, 1.165) is 5.39 Å². The Labute approximate surface area is 107 Å². The van der Waals surface area contributed by atoms with Gasteiger partial charge in [-0.15, -0.1) is 0 Å². The first-order valence-electron chi connectivity index (χ1n) is 5.04. The average molecular weight is 261 g/mol. The molecule has 0 bridgehead atoms. The molecule has 0 fully saturated rings. The second kappa shape index (κ2) is 6.64. The van der Waals surface area contributed by atoms with Crippen molar-refractivity contribution in [1.82, 2.24) is 4.98 Å². The second-order valence-electron chi connectivity index (χ2n) is 3.23. The zero-order chi connectivity index (χ0) is 14.3. The number of rotatable bonds is 0. The van der Waals surface area contributed by atoms with Gasteiger partial charge in [0.1, 0.15) is 11.3 Å². The molecule has 0 aliphatic rings. The van der Waals surface area contributed by atoms with Crippen LogP contribution in [-0.4, -0.2) is 22.2 Å². The number of primary amides is 2. The molecule has 98 valence electrons. The highest BCUT2D eigenvalue weighted by molar-refractivity contribution is 5.83. The maximum Gasteiger partial charge on any atom is 0.357 e.